The highest BCUT2D eigenvalue weighted by atomic mass is 16.5. The summed E-state index contributed by atoms with van der Waals surface area (Å²) in [6.45, 7) is 5.02. The van der Waals surface area contributed by atoms with Crippen LogP contribution in [0.4, 0.5) is 0 Å². The second kappa shape index (κ2) is 6.51. The van der Waals surface area contributed by atoms with E-state index in [2.05, 4.69) is 29.4 Å². The molecule has 0 saturated carbocycles. The molecule has 96 valence electrons. The van der Waals surface area contributed by atoms with Crippen LogP contribution >= 0.6 is 0 Å². The van der Waals surface area contributed by atoms with Gasteiger partial charge in [-0.2, -0.15) is 5.10 Å². The Labute approximate surface area is 102 Å². The average Bonchev–Trinajstić information content (AvgIpc) is 2.37. The van der Waals surface area contributed by atoms with Gasteiger partial charge in [0.05, 0.1) is 12.8 Å². The summed E-state index contributed by atoms with van der Waals surface area (Å²) in [5.41, 5.74) is 0.805. The first-order chi connectivity index (χ1) is 8.13. The van der Waals surface area contributed by atoms with Crippen molar-refractivity contribution in [2.75, 3.05) is 13.7 Å². The lowest BCUT2D eigenvalue weighted by Gasteiger charge is -2.28. The Morgan fingerprint density at radius 1 is 1.41 bits per heavy atom. The second-order valence-corrected chi connectivity index (χ2v) is 4.31. The van der Waals surface area contributed by atoms with Gasteiger partial charge in [-0.3, -0.25) is 0 Å². The fourth-order valence-corrected chi connectivity index (χ4v) is 1.49. The number of methoxy groups -OCH3 is 1. The predicted molar refractivity (Wildman–Crippen MR) is 65.8 cm³/mol. The topological polar surface area (TPSA) is 67.3 Å². The highest BCUT2D eigenvalue weighted by Gasteiger charge is 2.20. The third-order valence-corrected chi connectivity index (χ3v) is 3.04. The summed E-state index contributed by atoms with van der Waals surface area (Å²) in [5, 5.41) is 20.4. The quantitative estimate of drug-likeness (QED) is 0.746. The van der Waals surface area contributed by atoms with E-state index in [0.717, 1.165) is 18.5 Å². The molecule has 0 radical (unpaired) electrons. The van der Waals surface area contributed by atoms with Crippen LogP contribution in [-0.4, -0.2) is 34.6 Å². The van der Waals surface area contributed by atoms with Gasteiger partial charge in [0.1, 0.15) is 0 Å². The Hall–Kier alpha value is -1.20. The molecular weight excluding hydrogens is 218 g/mol. The number of ether oxygens (including phenoxy) is 1. The Bertz CT molecular complexity index is 329. The third-order valence-electron chi connectivity index (χ3n) is 3.04. The van der Waals surface area contributed by atoms with E-state index >= 15 is 0 Å². The molecule has 0 aliphatic rings. The minimum absolute atomic E-state index is 0.0592. The molecule has 2 N–H and O–H groups in total. The molecule has 1 rings (SSSR count). The van der Waals surface area contributed by atoms with E-state index in [9.17, 15) is 0 Å². The molecule has 17 heavy (non-hydrogen) atoms. The molecule has 1 unspecified atom stereocenters. The van der Waals surface area contributed by atoms with Crippen molar-refractivity contribution in [2.45, 2.75) is 38.8 Å². The first kappa shape index (κ1) is 13.9. The number of nitrogens with zero attached hydrogens (tertiary/aromatic N) is 2. The van der Waals surface area contributed by atoms with Crippen LogP contribution in [0.1, 0.15) is 32.4 Å². The molecule has 1 heterocycles. The van der Waals surface area contributed by atoms with Crippen LogP contribution in [0, 0.1) is 0 Å². The molecule has 0 bridgehead atoms. The summed E-state index contributed by atoms with van der Waals surface area (Å²) < 4.78 is 4.95. The second-order valence-electron chi connectivity index (χ2n) is 4.31. The highest BCUT2D eigenvalue weighted by Crippen LogP contribution is 2.14. The molecule has 0 aromatic carbocycles. The molecule has 0 amide bonds. The number of aromatic nitrogens is 2. The van der Waals surface area contributed by atoms with Gasteiger partial charge in [0.2, 0.25) is 5.88 Å². The zero-order valence-electron chi connectivity index (χ0n) is 10.7. The molecular formula is C12H21N3O2. The van der Waals surface area contributed by atoms with E-state index in [-0.39, 0.29) is 12.1 Å². The van der Waals surface area contributed by atoms with Crippen molar-refractivity contribution in [3.63, 3.8) is 0 Å². The van der Waals surface area contributed by atoms with Gasteiger partial charge in [-0.15, -0.1) is 5.10 Å². The number of nitrogens with one attached hydrogen (secondary N) is 1. The molecule has 0 saturated heterocycles. The number of hydrogen-bond acceptors (Lipinski definition) is 5. The van der Waals surface area contributed by atoms with Crippen LogP contribution in [-0.2, 0) is 6.54 Å². The maximum absolute atomic E-state index is 9.01. The van der Waals surface area contributed by atoms with E-state index < -0.39 is 0 Å². The molecule has 0 spiro atoms. The van der Waals surface area contributed by atoms with E-state index in [1.165, 1.54) is 0 Å². The molecule has 0 aliphatic carbocycles. The van der Waals surface area contributed by atoms with Crippen LogP contribution < -0.4 is 10.1 Å². The number of aliphatic hydroxyl groups is 1. The predicted octanol–water partition coefficient (Wildman–Crippen LogP) is 1.13. The number of aliphatic hydroxyl groups excluding tert-OH is 1. The summed E-state index contributed by atoms with van der Waals surface area (Å²) in [5.74, 6) is 0.516. The minimum Gasteiger partial charge on any atom is -0.480 e. The monoisotopic (exact) mass is 239 g/mol. The fourth-order valence-electron chi connectivity index (χ4n) is 1.49. The summed E-state index contributed by atoms with van der Waals surface area (Å²) in [7, 11) is 1.57. The van der Waals surface area contributed by atoms with E-state index in [1.807, 2.05) is 6.07 Å². The van der Waals surface area contributed by atoms with Crippen LogP contribution in [0.15, 0.2) is 12.1 Å². The molecule has 0 fully saturated rings. The van der Waals surface area contributed by atoms with Crippen molar-refractivity contribution in [3.8, 4) is 5.88 Å². The highest BCUT2D eigenvalue weighted by molar-refractivity contribution is 5.11. The number of rotatable bonds is 7. The first-order valence-corrected chi connectivity index (χ1v) is 5.86. The lowest BCUT2D eigenvalue weighted by atomic mass is 9.95. The normalized spacial score (nSPS) is 14.4. The van der Waals surface area contributed by atoms with Gasteiger partial charge in [-0.05, 0) is 25.8 Å². The van der Waals surface area contributed by atoms with E-state index in [0.29, 0.717) is 12.4 Å². The zero-order valence-corrected chi connectivity index (χ0v) is 10.7. The maximum atomic E-state index is 9.01. The van der Waals surface area contributed by atoms with Gasteiger partial charge in [0.25, 0.3) is 0 Å². The van der Waals surface area contributed by atoms with Gasteiger partial charge in [-0.1, -0.05) is 6.92 Å². The van der Waals surface area contributed by atoms with Gasteiger partial charge >= 0.3 is 0 Å². The van der Waals surface area contributed by atoms with Gasteiger partial charge in [0, 0.05) is 24.8 Å². The van der Waals surface area contributed by atoms with Crippen molar-refractivity contribution in [1.29, 1.82) is 0 Å². The average molecular weight is 239 g/mol. The van der Waals surface area contributed by atoms with Gasteiger partial charge in [-0.25, -0.2) is 0 Å². The zero-order chi connectivity index (χ0) is 12.7. The van der Waals surface area contributed by atoms with Crippen molar-refractivity contribution >= 4 is 0 Å². The molecule has 1 aromatic heterocycles. The maximum Gasteiger partial charge on any atom is 0.233 e. The summed E-state index contributed by atoms with van der Waals surface area (Å²) in [6, 6.07) is 3.67. The summed E-state index contributed by atoms with van der Waals surface area (Å²) in [6.07, 6.45) is 1.68. The van der Waals surface area contributed by atoms with Gasteiger partial charge in [0.15, 0.2) is 0 Å². The molecule has 5 heteroatoms. The molecule has 5 nitrogen and oxygen atoms in total. The van der Waals surface area contributed by atoms with Crippen molar-refractivity contribution < 1.29 is 9.84 Å². The van der Waals surface area contributed by atoms with E-state index in [1.54, 1.807) is 13.2 Å². The largest absolute Gasteiger partial charge is 0.480 e. The number of hydrogen-bond donors (Lipinski definition) is 2. The van der Waals surface area contributed by atoms with Crippen LogP contribution in [0.25, 0.3) is 0 Å². The van der Waals surface area contributed by atoms with Crippen molar-refractivity contribution in [1.82, 2.24) is 15.5 Å². The molecule has 0 aliphatic heterocycles. The van der Waals surface area contributed by atoms with Crippen molar-refractivity contribution in [3.05, 3.63) is 17.8 Å². The van der Waals surface area contributed by atoms with E-state index in [4.69, 9.17) is 9.84 Å². The smallest absolute Gasteiger partial charge is 0.233 e. The van der Waals surface area contributed by atoms with Crippen LogP contribution in [0.5, 0.6) is 5.88 Å². The lowest BCUT2D eigenvalue weighted by molar-refractivity contribution is 0.214. The van der Waals surface area contributed by atoms with Crippen LogP contribution in [0.3, 0.4) is 0 Å². The van der Waals surface area contributed by atoms with Crippen molar-refractivity contribution in [2.24, 2.45) is 0 Å². The Balaban J connectivity index is 2.53. The Morgan fingerprint density at radius 3 is 2.65 bits per heavy atom. The summed E-state index contributed by atoms with van der Waals surface area (Å²) >= 11 is 0. The standard InChI is InChI=1S/C12H21N3O2/c1-4-12(2,7-8-16)13-9-10-5-6-11(17-3)15-14-10/h5-6,13,16H,4,7-9H2,1-3H3. The van der Waals surface area contributed by atoms with Crippen LogP contribution in [0.2, 0.25) is 0 Å². The van der Waals surface area contributed by atoms with Gasteiger partial charge < -0.3 is 15.2 Å². The summed E-state index contributed by atoms with van der Waals surface area (Å²) in [4.78, 5) is 0. The Morgan fingerprint density at radius 2 is 2.18 bits per heavy atom. The fraction of sp³-hybridized carbons (Fsp3) is 0.667. The Kier molecular flexibility index (Phi) is 5.31. The third kappa shape index (κ3) is 4.28. The first-order valence-electron chi connectivity index (χ1n) is 5.86. The molecule has 1 aromatic rings. The SMILES string of the molecule is CCC(C)(CCO)NCc1ccc(OC)nn1. The minimum atomic E-state index is -0.0592. The lowest BCUT2D eigenvalue weighted by Crippen LogP contribution is -2.42. The molecule has 1 atom stereocenters.